The summed E-state index contributed by atoms with van der Waals surface area (Å²) in [5.74, 6) is 1.82. The lowest BCUT2D eigenvalue weighted by atomic mass is 10.2. The number of ether oxygens (including phenoxy) is 2. The number of pyridine rings is 1. The number of nitrogens with zero attached hydrogens (tertiary/aromatic N) is 1. The molecule has 0 saturated carbocycles. The summed E-state index contributed by atoms with van der Waals surface area (Å²) in [7, 11) is 3.17. The number of anilines is 3. The number of halogens is 1. The Morgan fingerprint density at radius 2 is 1.89 bits per heavy atom. The molecule has 100 valence electrons. The molecular weight excluding hydrogens is 266 g/mol. The van der Waals surface area contributed by atoms with E-state index < -0.39 is 0 Å². The quantitative estimate of drug-likeness (QED) is 0.900. The summed E-state index contributed by atoms with van der Waals surface area (Å²) < 4.78 is 10.4. The van der Waals surface area contributed by atoms with Gasteiger partial charge >= 0.3 is 0 Å². The van der Waals surface area contributed by atoms with Crippen molar-refractivity contribution in [3.63, 3.8) is 0 Å². The molecule has 2 aromatic rings. The molecule has 2 rings (SSSR count). The second kappa shape index (κ2) is 5.67. The first kappa shape index (κ1) is 13.3. The summed E-state index contributed by atoms with van der Waals surface area (Å²) in [5, 5.41) is 3.59. The van der Waals surface area contributed by atoms with Crippen LogP contribution in [-0.4, -0.2) is 19.2 Å². The number of benzene rings is 1. The van der Waals surface area contributed by atoms with E-state index in [9.17, 15) is 0 Å². The van der Waals surface area contributed by atoms with E-state index in [2.05, 4.69) is 10.3 Å². The van der Waals surface area contributed by atoms with Crippen LogP contribution in [0, 0.1) is 0 Å². The predicted octanol–water partition coefficient (Wildman–Crippen LogP) is 3.08. The van der Waals surface area contributed by atoms with Gasteiger partial charge in [-0.15, -0.1) is 0 Å². The SMILES string of the molecule is COc1ccc(Nc2ncc(Cl)cc2N)cc1OC. The van der Waals surface area contributed by atoms with Crippen molar-refractivity contribution in [2.24, 2.45) is 0 Å². The Morgan fingerprint density at radius 3 is 2.53 bits per heavy atom. The minimum atomic E-state index is 0.474. The molecule has 0 amide bonds. The zero-order valence-electron chi connectivity index (χ0n) is 10.6. The van der Waals surface area contributed by atoms with E-state index in [-0.39, 0.29) is 0 Å². The topological polar surface area (TPSA) is 69.4 Å². The Hall–Kier alpha value is -2.14. The smallest absolute Gasteiger partial charge is 0.162 e. The maximum atomic E-state index is 5.83. The average molecular weight is 280 g/mol. The summed E-state index contributed by atoms with van der Waals surface area (Å²) in [6.07, 6.45) is 1.53. The van der Waals surface area contributed by atoms with E-state index in [0.717, 1.165) is 5.69 Å². The van der Waals surface area contributed by atoms with E-state index in [1.54, 1.807) is 32.4 Å². The molecule has 0 spiro atoms. The second-order valence-corrected chi connectivity index (χ2v) is 4.22. The molecule has 6 heteroatoms. The number of hydrogen-bond donors (Lipinski definition) is 2. The van der Waals surface area contributed by atoms with Crippen LogP contribution in [0.25, 0.3) is 0 Å². The van der Waals surface area contributed by atoms with Crippen molar-refractivity contribution in [1.29, 1.82) is 0 Å². The van der Waals surface area contributed by atoms with Gasteiger partial charge in [-0.1, -0.05) is 11.6 Å². The fraction of sp³-hybridized carbons (Fsp3) is 0.154. The standard InChI is InChI=1S/C13H14ClN3O2/c1-18-11-4-3-9(6-12(11)19-2)17-13-10(15)5-8(14)7-16-13/h3-7H,15H2,1-2H3,(H,16,17). The van der Waals surface area contributed by atoms with Gasteiger partial charge in [0, 0.05) is 18.0 Å². The average Bonchev–Trinajstić information content (AvgIpc) is 2.41. The molecule has 0 fully saturated rings. The van der Waals surface area contributed by atoms with Crippen molar-refractivity contribution in [3.05, 3.63) is 35.5 Å². The highest BCUT2D eigenvalue weighted by atomic mass is 35.5. The van der Waals surface area contributed by atoms with E-state index in [4.69, 9.17) is 26.8 Å². The van der Waals surface area contributed by atoms with Gasteiger partial charge in [0.15, 0.2) is 17.3 Å². The molecule has 0 aliphatic carbocycles. The largest absolute Gasteiger partial charge is 0.493 e. The van der Waals surface area contributed by atoms with Gasteiger partial charge in [-0.05, 0) is 18.2 Å². The molecule has 0 bridgehead atoms. The molecule has 3 N–H and O–H groups in total. The summed E-state index contributed by atoms with van der Waals surface area (Å²) in [6, 6.07) is 7.08. The van der Waals surface area contributed by atoms with E-state index in [1.807, 2.05) is 6.07 Å². The second-order valence-electron chi connectivity index (χ2n) is 3.79. The molecule has 0 saturated heterocycles. The lowest BCUT2D eigenvalue weighted by molar-refractivity contribution is 0.355. The van der Waals surface area contributed by atoms with Crippen molar-refractivity contribution in [3.8, 4) is 11.5 Å². The van der Waals surface area contributed by atoms with Gasteiger partial charge in [0.25, 0.3) is 0 Å². The predicted molar refractivity (Wildman–Crippen MR) is 76.5 cm³/mol. The van der Waals surface area contributed by atoms with Crippen LogP contribution in [0.5, 0.6) is 11.5 Å². The Kier molecular flexibility index (Phi) is 3.97. The van der Waals surface area contributed by atoms with E-state index in [0.29, 0.717) is 28.0 Å². The molecule has 1 aromatic heterocycles. The van der Waals surface area contributed by atoms with Crippen molar-refractivity contribution < 1.29 is 9.47 Å². The summed E-state index contributed by atoms with van der Waals surface area (Å²) in [4.78, 5) is 4.13. The third kappa shape index (κ3) is 3.00. The van der Waals surface area contributed by atoms with Gasteiger partial charge in [-0.3, -0.25) is 0 Å². The monoisotopic (exact) mass is 279 g/mol. The van der Waals surface area contributed by atoms with Gasteiger partial charge < -0.3 is 20.5 Å². The lowest BCUT2D eigenvalue weighted by Crippen LogP contribution is -1.99. The molecular formula is C13H14ClN3O2. The Morgan fingerprint density at radius 1 is 1.16 bits per heavy atom. The fourth-order valence-corrected chi connectivity index (χ4v) is 1.78. The summed E-state index contributed by atoms with van der Waals surface area (Å²) >= 11 is 5.80. The van der Waals surface area contributed by atoms with Gasteiger partial charge in [0.05, 0.1) is 24.9 Å². The van der Waals surface area contributed by atoms with Crippen molar-refractivity contribution in [1.82, 2.24) is 4.98 Å². The van der Waals surface area contributed by atoms with Gasteiger partial charge in [0.1, 0.15) is 0 Å². The van der Waals surface area contributed by atoms with E-state index in [1.165, 1.54) is 6.20 Å². The number of rotatable bonds is 4. The van der Waals surface area contributed by atoms with Crippen molar-refractivity contribution in [2.75, 3.05) is 25.3 Å². The van der Waals surface area contributed by atoms with Crippen LogP contribution in [0.1, 0.15) is 0 Å². The number of nitrogen functional groups attached to an aromatic ring is 1. The number of methoxy groups -OCH3 is 2. The summed E-state index contributed by atoms with van der Waals surface area (Å²) in [5.41, 5.74) is 7.10. The summed E-state index contributed by atoms with van der Waals surface area (Å²) in [6.45, 7) is 0. The highest BCUT2D eigenvalue weighted by Gasteiger charge is 2.07. The first-order valence-corrected chi connectivity index (χ1v) is 5.92. The molecule has 0 radical (unpaired) electrons. The highest BCUT2D eigenvalue weighted by Crippen LogP contribution is 2.32. The van der Waals surface area contributed by atoms with Crippen LogP contribution in [0.15, 0.2) is 30.5 Å². The molecule has 0 unspecified atom stereocenters. The first-order chi connectivity index (χ1) is 9.13. The molecule has 0 aliphatic rings. The van der Waals surface area contributed by atoms with Crippen LogP contribution < -0.4 is 20.5 Å². The van der Waals surface area contributed by atoms with Gasteiger partial charge in [-0.25, -0.2) is 4.98 Å². The Labute approximate surface area is 116 Å². The Bertz CT molecular complexity index is 590. The van der Waals surface area contributed by atoms with Crippen LogP contribution in [0.4, 0.5) is 17.2 Å². The molecule has 1 heterocycles. The zero-order valence-corrected chi connectivity index (χ0v) is 11.4. The number of hydrogen-bond acceptors (Lipinski definition) is 5. The maximum absolute atomic E-state index is 5.83. The van der Waals surface area contributed by atoms with Crippen LogP contribution in [-0.2, 0) is 0 Å². The Balaban J connectivity index is 2.28. The van der Waals surface area contributed by atoms with E-state index >= 15 is 0 Å². The normalized spacial score (nSPS) is 10.1. The van der Waals surface area contributed by atoms with Crippen LogP contribution in [0.3, 0.4) is 0 Å². The zero-order chi connectivity index (χ0) is 13.8. The maximum Gasteiger partial charge on any atom is 0.162 e. The minimum absolute atomic E-state index is 0.474. The lowest BCUT2D eigenvalue weighted by Gasteiger charge is -2.12. The van der Waals surface area contributed by atoms with Gasteiger partial charge in [-0.2, -0.15) is 0 Å². The molecule has 19 heavy (non-hydrogen) atoms. The van der Waals surface area contributed by atoms with Gasteiger partial charge in [0.2, 0.25) is 0 Å². The third-order valence-corrected chi connectivity index (χ3v) is 2.74. The highest BCUT2D eigenvalue weighted by molar-refractivity contribution is 6.30. The third-order valence-electron chi connectivity index (χ3n) is 2.53. The van der Waals surface area contributed by atoms with Crippen molar-refractivity contribution >= 4 is 28.8 Å². The molecule has 0 aliphatic heterocycles. The first-order valence-electron chi connectivity index (χ1n) is 5.54. The van der Waals surface area contributed by atoms with Crippen molar-refractivity contribution in [2.45, 2.75) is 0 Å². The minimum Gasteiger partial charge on any atom is -0.493 e. The number of nitrogens with two attached hydrogens (primary N) is 1. The van der Waals surface area contributed by atoms with Crippen LogP contribution in [0.2, 0.25) is 5.02 Å². The molecule has 0 atom stereocenters. The number of aromatic nitrogens is 1. The molecule has 5 nitrogen and oxygen atoms in total. The number of nitrogens with one attached hydrogen (secondary N) is 1. The van der Waals surface area contributed by atoms with Crippen LogP contribution >= 0.6 is 11.6 Å². The fourth-order valence-electron chi connectivity index (χ4n) is 1.61. The molecule has 1 aromatic carbocycles.